The molecule has 1 aliphatic carbocycles. The van der Waals surface area contributed by atoms with Gasteiger partial charge in [0.1, 0.15) is 0 Å². The second-order valence-electron chi connectivity index (χ2n) is 8.52. The molecular weight excluding hydrogens is 340 g/mol. The van der Waals surface area contributed by atoms with Gasteiger partial charge in [0.15, 0.2) is 0 Å². The molecule has 0 radical (unpaired) electrons. The Morgan fingerprint density at radius 3 is 2.70 bits per heavy atom. The van der Waals surface area contributed by atoms with Gasteiger partial charge >= 0.3 is 0 Å². The number of piperidine rings is 1. The monoisotopic (exact) mass is 366 g/mol. The zero-order chi connectivity index (χ0) is 18.7. The molecule has 3 heterocycles. The lowest BCUT2D eigenvalue weighted by Gasteiger charge is -2.46. The molecule has 142 valence electrons. The molecule has 6 nitrogen and oxygen atoms in total. The summed E-state index contributed by atoms with van der Waals surface area (Å²) in [6.07, 6.45) is 4.38. The normalized spacial score (nSPS) is 29.4. The third-order valence-electron chi connectivity index (χ3n) is 6.79. The van der Waals surface area contributed by atoms with E-state index in [-0.39, 0.29) is 11.8 Å². The Bertz CT molecular complexity index is 902. The number of hydrogen-bond donors (Lipinski definition) is 1. The van der Waals surface area contributed by atoms with Crippen molar-refractivity contribution in [3.63, 3.8) is 0 Å². The number of benzene rings is 1. The van der Waals surface area contributed by atoms with Crippen molar-refractivity contribution in [1.29, 1.82) is 0 Å². The summed E-state index contributed by atoms with van der Waals surface area (Å²) >= 11 is 0. The number of rotatable bonds is 2. The molecule has 0 spiro atoms. The fourth-order valence-electron chi connectivity index (χ4n) is 5.47. The van der Waals surface area contributed by atoms with Gasteiger partial charge in [-0.1, -0.05) is 12.1 Å². The number of imide groups is 1. The Balaban J connectivity index is 1.39. The molecule has 2 aliphatic heterocycles. The molecule has 3 aliphatic rings. The van der Waals surface area contributed by atoms with Crippen molar-refractivity contribution >= 4 is 22.7 Å². The number of aromatic amines is 1. The highest BCUT2D eigenvalue weighted by atomic mass is 16.2. The number of carbonyl (C=O) groups excluding carboxylic acids is 2. The van der Waals surface area contributed by atoms with E-state index in [0.29, 0.717) is 31.0 Å². The van der Waals surface area contributed by atoms with Gasteiger partial charge in [0, 0.05) is 49.2 Å². The van der Waals surface area contributed by atoms with Crippen LogP contribution in [0.5, 0.6) is 0 Å². The summed E-state index contributed by atoms with van der Waals surface area (Å²) in [7, 11) is 3.81. The minimum atomic E-state index is -0.0901. The summed E-state index contributed by atoms with van der Waals surface area (Å²) in [5.74, 6) is 0.802. The number of hydrogen-bond acceptors (Lipinski definition) is 4. The van der Waals surface area contributed by atoms with E-state index >= 15 is 0 Å². The average Bonchev–Trinajstić information content (AvgIpc) is 3.05. The van der Waals surface area contributed by atoms with Crippen LogP contribution in [-0.4, -0.2) is 77.8 Å². The third-order valence-corrected chi connectivity index (χ3v) is 6.79. The van der Waals surface area contributed by atoms with Gasteiger partial charge in [-0.15, -0.1) is 0 Å². The molecule has 2 amide bonds. The van der Waals surface area contributed by atoms with Gasteiger partial charge in [-0.2, -0.15) is 0 Å². The van der Waals surface area contributed by atoms with Crippen LogP contribution in [0.25, 0.3) is 10.9 Å². The molecular formula is C21H26N4O2. The predicted octanol–water partition coefficient (Wildman–Crippen LogP) is 1.43. The van der Waals surface area contributed by atoms with Gasteiger partial charge in [0.25, 0.3) is 0 Å². The lowest BCUT2D eigenvalue weighted by Crippen LogP contribution is -2.55. The van der Waals surface area contributed by atoms with Crippen LogP contribution in [0.2, 0.25) is 0 Å². The highest BCUT2D eigenvalue weighted by Gasteiger charge is 2.40. The number of carbonyl (C=O) groups is 2. The van der Waals surface area contributed by atoms with Gasteiger partial charge in [-0.3, -0.25) is 19.4 Å². The Hall–Kier alpha value is -2.18. The molecule has 2 aromatic rings. The smallest absolute Gasteiger partial charge is 0.243 e. The number of amides is 2. The highest BCUT2D eigenvalue weighted by molar-refractivity contribution is 5.99. The fourth-order valence-corrected chi connectivity index (χ4v) is 5.47. The zero-order valence-corrected chi connectivity index (χ0v) is 15.9. The van der Waals surface area contributed by atoms with Crippen LogP contribution < -0.4 is 0 Å². The van der Waals surface area contributed by atoms with Crippen LogP contribution >= 0.6 is 0 Å². The number of fused-ring (bicyclic) bond motifs is 2. The first-order valence-corrected chi connectivity index (χ1v) is 9.82. The summed E-state index contributed by atoms with van der Waals surface area (Å²) in [5.41, 5.74) is 4.13. The number of piperazine rings is 1. The van der Waals surface area contributed by atoms with Crippen molar-refractivity contribution in [2.75, 3.05) is 40.3 Å². The minimum Gasteiger partial charge on any atom is -0.361 e. The van der Waals surface area contributed by atoms with Gasteiger partial charge in [0.2, 0.25) is 11.8 Å². The number of nitrogens with zero attached hydrogens (tertiary/aromatic N) is 3. The summed E-state index contributed by atoms with van der Waals surface area (Å²) in [5, 5.41) is 1.41. The van der Waals surface area contributed by atoms with Crippen LogP contribution in [0, 0.1) is 5.92 Å². The maximum Gasteiger partial charge on any atom is 0.243 e. The van der Waals surface area contributed by atoms with E-state index in [1.807, 2.05) is 4.90 Å². The van der Waals surface area contributed by atoms with Crippen molar-refractivity contribution in [3.05, 3.63) is 35.5 Å². The summed E-state index contributed by atoms with van der Waals surface area (Å²) in [4.78, 5) is 33.3. The van der Waals surface area contributed by atoms with E-state index in [1.165, 1.54) is 26.9 Å². The van der Waals surface area contributed by atoms with E-state index in [0.717, 1.165) is 25.9 Å². The molecule has 6 heteroatoms. The zero-order valence-electron chi connectivity index (χ0n) is 15.9. The quantitative estimate of drug-likeness (QED) is 0.817. The SMILES string of the molecule is CN1C(=O)CN(CC2C[C@@H]3c4cccc5[nH]cc(c45)C[C@H]3N(C)C2)CC1=O. The first-order chi connectivity index (χ1) is 13.0. The van der Waals surface area contributed by atoms with Crippen molar-refractivity contribution < 1.29 is 9.59 Å². The van der Waals surface area contributed by atoms with E-state index in [9.17, 15) is 9.59 Å². The van der Waals surface area contributed by atoms with E-state index < -0.39 is 0 Å². The summed E-state index contributed by atoms with van der Waals surface area (Å²) < 4.78 is 0. The van der Waals surface area contributed by atoms with Crippen LogP contribution in [0.15, 0.2) is 24.4 Å². The summed E-state index contributed by atoms with van der Waals surface area (Å²) in [6.45, 7) is 2.54. The number of aromatic nitrogens is 1. The van der Waals surface area contributed by atoms with E-state index in [1.54, 1.807) is 7.05 Å². The molecule has 0 saturated carbocycles. The van der Waals surface area contributed by atoms with Gasteiger partial charge in [-0.25, -0.2) is 0 Å². The maximum atomic E-state index is 12.0. The van der Waals surface area contributed by atoms with Crippen molar-refractivity contribution in [2.24, 2.45) is 5.92 Å². The minimum absolute atomic E-state index is 0.0901. The number of likely N-dealkylation sites (tertiary alicyclic amines) is 1. The molecule has 27 heavy (non-hydrogen) atoms. The number of nitrogens with one attached hydrogen (secondary N) is 1. The first kappa shape index (κ1) is 17.0. The highest BCUT2D eigenvalue weighted by Crippen LogP contribution is 2.44. The molecule has 5 rings (SSSR count). The van der Waals surface area contributed by atoms with E-state index in [4.69, 9.17) is 0 Å². The third kappa shape index (κ3) is 2.70. The molecule has 1 unspecified atom stereocenters. The van der Waals surface area contributed by atoms with Crippen molar-refractivity contribution in [1.82, 2.24) is 19.7 Å². The van der Waals surface area contributed by atoms with Crippen molar-refractivity contribution in [3.8, 4) is 0 Å². The van der Waals surface area contributed by atoms with Crippen LogP contribution in [-0.2, 0) is 16.0 Å². The largest absolute Gasteiger partial charge is 0.361 e. The standard InChI is InChI=1S/C21H26N4O2/c1-23-9-13(10-25-11-19(26)24(2)20(27)12-25)6-16-15-4-3-5-17-21(15)14(8-22-17)7-18(16)23/h3-5,8,13,16,18,22H,6-7,9-12H2,1-2H3/t13?,16-,18-/m1/s1. The Morgan fingerprint density at radius 1 is 1.15 bits per heavy atom. The number of H-pyrrole nitrogens is 1. The average molecular weight is 366 g/mol. The Labute approximate surface area is 159 Å². The topological polar surface area (TPSA) is 59.7 Å². The lowest BCUT2D eigenvalue weighted by atomic mass is 9.72. The van der Waals surface area contributed by atoms with Crippen molar-refractivity contribution in [2.45, 2.75) is 24.8 Å². The molecule has 1 aromatic heterocycles. The Morgan fingerprint density at radius 2 is 1.93 bits per heavy atom. The Kier molecular flexibility index (Phi) is 3.88. The predicted molar refractivity (Wildman–Crippen MR) is 103 cm³/mol. The molecule has 2 saturated heterocycles. The second kappa shape index (κ2) is 6.17. The molecule has 1 aromatic carbocycles. The fraction of sp³-hybridized carbons (Fsp3) is 0.524. The molecule has 0 bridgehead atoms. The van der Waals surface area contributed by atoms with Crippen LogP contribution in [0.3, 0.4) is 0 Å². The second-order valence-corrected chi connectivity index (χ2v) is 8.52. The number of likely N-dealkylation sites (N-methyl/N-ethyl adjacent to an activating group) is 2. The van der Waals surface area contributed by atoms with Gasteiger partial charge < -0.3 is 9.88 Å². The van der Waals surface area contributed by atoms with Gasteiger partial charge in [0.05, 0.1) is 13.1 Å². The molecule has 2 fully saturated rings. The van der Waals surface area contributed by atoms with E-state index in [2.05, 4.69) is 41.3 Å². The van der Waals surface area contributed by atoms with Gasteiger partial charge in [-0.05, 0) is 43.0 Å². The maximum absolute atomic E-state index is 12.0. The first-order valence-electron chi connectivity index (χ1n) is 9.82. The lowest BCUT2D eigenvalue weighted by molar-refractivity contribution is -0.149. The van der Waals surface area contributed by atoms with Crippen LogP contribution in [0.4, 0.5) is 0 Å². The molecule has 1 N–H and O–H groups in total. The van der Waals surface area contributed by atoms with Crippen LogP contribution in [0.1, 0.15) is 23.5 Å². The molecule has 3 atom stereocenters. The summed E-state index contributed by atoms with van der Waals surface area (Å²) in [6, 6.07) is 7.14.